The Labute approximate surface area is 69.6 Å². The van der Waals surface area contributed by atoms with Crippen molar-refractivity contribution in [3.05, 3.63) is 24.3 Å². The Morgan fingerprint density at radius 2 is 2.10 bits per heavy atom. The first-order valence-electron chi connectivity index (χ1n) is 2.87. The van der Waals surface area contributed by atoms with E-state index in [0.717, 1.165) is 0 Å². The summed E-state index contributed by atoms with van der Waals surface area (Å²) < 4.78 is -0.913. The summed E-state index contributed by atoms with van der Waals surface area (Å²) in [5.74, 6) is 5.17. The molecule has 0 aliphatic heterocycles. The van der Waals surface area contributed by atoms with Gasteiger partial charge in [-0.1, -0.05) is 41.4 Å². The van der Waals surface area contributed by atoms with Crippen LogP contribution < -0.4 is 11.3 Å². The van der Waals surface area contributed by atoms with E-state index in [9.17, 15) is 0 Å². The van der Waals surface area contributed by atoms with Gasteiger partial charge in [-0.15, -0.1) is 0 Å². The van der Waals surface area contributed by atoms with Crippen LogP contribution in [0, 0.1) is 0 Å². The van der Waals surface area contributed by atoms with Crippen LogP contribution in [0.1, 0.15) is 0 Å². The van der Waals surface area contributed by atoms with Gasteiger partial charge in [-0.2, -0.15) is 0 Å². The Balaban J connectivity index is 2.74. The van der Waals surface area contributed by atoms with E-state index in [-0.39, 0.29) is 6.04 Å². The normalized spacial score (nSPS) is 28.9. The molecule has 0 aromatic heterocycles. The molecule has 0 bridgehead atoms. The number of hydrazine groups is 1. The first-order valence-corrected chi connectivity index (χ1v) is 3.62. The number of hydrogen-bond donors (Lipinski definition) is 2. The quantitative estimate of drug-likeness (QED) is 0.359. The monoisotopic (exact) mass is 178 g/mol. The molecule has 1 aliphatic rings. The Morgan fingerprint density at radius 1 is 1.40 bits per heavy atom. The highest BCUT2D eigenvalue weighted by molar-refractivity contribution is 6.50. The number of allylic oxidation sites excluding steroid dienone is 2. The summed E-state index contributed by atoms with van der Waals surface area (Å²) in [5, 5.41) is 0. The molecule has 0 spiro atoms. The third-order valence-corrected chi connectivity index (χ3v) is 2.05. The van der Waals surface area contributed by atoms with E-state index >= 15 is 0 Å². The molecule has 1 unspecified atom stereocenters. The average molecular weight is 179 g/mol. The standard InChI is InChI=1S/C6H8Cl2N2/c7-6(8)4-2-1-3-5(6)10-9/h1-5,10H,9H2. The van der Waals surface area contributed by atoms with Gasteiger partial charge in [0, 0.05) is 0 Å². The molecule has 10 heavy (non-hydrogen) atoms. The number of hydrogen-bond acceptors (Lipinski definition) is 2. The van der Waals surface area contributed by atoms with Crippen molar-refractivity contribution in [3.8, 4) is 0 Å². The van der Waals surface area contributed by atoms with Gasteiger partial charge in [-0.05, 0) is 6.08 Å². The van der Waals surface area contributed by atoms with Gasteiger partial charge in [0.1, 0.15) is 0 Å². The van der Waals surface area contributed by atoms with E-state index in [4.69, 9.17) is 29.0 Å². The lowest BCUT2D eigenvalue weighted by Crippen LogP contribution is -2.45. The fraction of sp³-hybridized carbons (Fsp3) is 0.333. The topological polar surface area (TPSA) is 38.0 Å². The lowest BCUT2D eigenvalue weighted by atomic mass is 10.1. The molecule has 1 rings (SSSR count). The molecular weight excluding hydrogens is 171 g/mol. The van der Waals surface area contributed by atoms with E-state index in [1.807, 2.05) is 6.08 Å². The van der Waals surface area contributed by atoms with Crippen molar-refractivity contribution >= 4 is 23.2 Å². The molecule has 0 aromatic rings. The summed E-state index contributed by atoms with van der Waals surface area (Å²) in [6.45, 7) is 0. The van der Waals surface area contributed by atoms with Crippen molar-refractivity contribution < 1.29 is 0 Å². The summed E-state index contributed by atoms with van der Waals surface area (Å²) >= 11 is 11.6. The predicted molar refractivity (Wildman–Crippen MR) is 43.8 cm³/mol. The van der Waals surface area contributed by atoms with Crippen molar-refractivity contribution in [2.45, 2.75) is 10.4 Å². The third-order valence-electron chi connectivity index (χ3n) is 1.33. The van der Waals surface area contributed by atoms with E-state index in [1.54, 1.807) is 18.2 Å². The molecule has 0 heterocycles. The molecule has 56 valence electrons. The Bertz CT molecular complexity index is 175. The lowest BCUT2D eigenvalue weighted by Gasteiger charge is -2.25. The van der Waals surface area contributed by atoms with Crippen LogP contribution in [0.3, 0.4) is 0 Å². The molecular formula is C6H8Cl2N2. The largest absolute Gasteiger partial charge is 0.271 e. The van der Waals surface area contributed by atoms with Crippen LogP contribution in [0.15, 0.2) is 24.3 Å². The van der Waals surface area contributed by atoms with Gasteiger partial charge in [0.25, 0.3) is 0 Å². The zero-order chi connectivity index (χ0) is 7.61. The second-order valence-corrected chi connectivity index (χ2v) is 3.51. The smallest absolute Gasteiger partial charge is 0.156 e. The highest BCUT2D eigenvalue weighted by Crippen LogP contribution is 2.29. The van der Waals surface area contributed by atoms with Crippen molar-refractivity contribution in [1.82, 2.24) is 5.43 Å². The molecule has 0 fully saturated rings. The van der Waals surface area contributed by atoms with Crippen molar-refractivity contribution in [3.63, 3.8) is 0 Å². The van der Waals surface area contributed by atoms with E-state index in [2.05, 4.69) is 5.43 Å². The predicted octanol–water partition coefficient (Wildman–Crippen LogP) is 1.12. The van der Waals surface area contributed by atoms with Crippen molar-refractivity contribution in [2.75, 3.05) is 0 Å². The molecule has 1 atom stereocenters. The Morgan fingerprint density at radius 3 is 2.50 bits per heavy atom. The molecule has 0 amide bonds. The van der Waals surface area contributed by atoms with E-state index in [1.165, 1.54) is 0 Å². The summed E-state index contributed by atoms with van der Waals surface area (Å²) in [7, 11) is 0. The zero-order valence-corrected chi connectivity index (χ0v) is 6.73. The molecule has 1 aliphatic carbocycles. The van der Waals surface area contributed by atoms with E-state index in [0.29, 0.717) is 0 Å². The van der Waals surface area contributed by atoms with Crippen molar-refractivity contribution in [1.29, 1.82) is 0 Å². The van der Waals surface area contributed by atoms with Crippen LogP contribution in [0.2, 0.25) is 0 Å². The molecule has 0 saturated carbocycles. The summed E-state index contributed by atoms with van der Waals surface area (Å²) in [4.78, 5) is 0. The number of halogens is 2. The lowest BCUT2D eigenvalue weighted by molar-refractivity contribution is 0.600. The fourth-order valence-corrected chi connectivity index (χ4v) is 1.17. The molecule has 4 heteroatoms. The highest BCUT2D eigenvalue weighted by atomic mass is 35.5. The number of nitrogens with two attached hydrogens (primary N) is 1. The van der Waals surface area contributed by atoms with Crippen LogP contribution in [0.5, 0.6) is 0 Å². The van der Waals surface area contributed by atoms with Gasteiger partial charge < -0.3 is 0 Å². The number of alkyl halides is 2. The second kappa shape index (κ2) is 2.93. The van der Waals surface area contributed by atoms with Gasteiger partial charge in [0.15, 0.2) is 4.33 Å². The fourth-order valence-electron chi connectivity index (χ4n) is 0.758. The maximum absolute atomic E-state index is 5.82. The maximum atomic E-state index is 5.82. The van der Waals surface area contributed by atoms with Gasteiger partial charge in [0.2, 0.25) is 0 Å². The summed E-state index contributed by atoms with van der Waals surface area (Å²) in [6, 6.07) is -0.208. The van der Waals surface area contributed by atoms with Crippen LogP contribution in [0.4, 0.5) is 0 Å². The second-order valence-electron chi connectivity index (χ2n) is 2.06. The van der Waals surface area contributed by atoms with Gasteiger partial charge in [-0.3, -0.25) is 11.3 Å². The molecule has 3 N–H and O–H groups in total. The molecule has 0 radical (unpaired) electrons. The first-order chi connectivity index (χ1) is 4.67. The maximum Gasteiger partial charge on any atom is 0.156 e. The minimum atomic E-state index is -0.913. The van der Waals surface area contributed by atoms with Gasteiger partial charge in [-0.25, -0.2) is 0 Å². The highest BCUT2D eigenvalue weighted by Gasteiger charge is 2.30. The zero-order valence-electron chi connectivity index (χ0n) is 5.22. The Hall–Kier alpha value is -0.0200. The number of rotatable bonds is 1. The average Bonchev–Trinajstić information content (AvgIpc) is 1.87. The number of nitrogens with one attached hydrogen (secondary N) is 1. The van der Waals surface area contributed by atoms with Crippen LogP contribution in [0.25, 0.3) is 0 Å². The molecule has 2 nitrogen and oxygen atoms in total. The third kappa shape index (κ3) is 1.52. The van der Waals surface area contributed by atoms with E-state index < -0.39 is 4.33 Å². The Kier molecular flexibility index (Phi) is 2.36. The van der Waals surface area contributed by atoms with Crippen LogP contribution >= 0.6 is 23.2 Å². The molecule has 0 saturated heterocycles. The first kappa shape index (κ1) is 8.08. The van der Waals surface area contributed by atoms with Crippen LogP contribution in [-0.4, -0.2) is 10.4 Å². The SMILES string of the molecule is NNC1C=CC=CC1(Cl)Cl. The van der Waals surface area contributed by atoms with Crippen molar-refractivity contribution in [2.24, 2.45) is 5.84 Å². The minimum Gasteiger partial charge on any atom is -0.271 e. The van der Waals surface area contributed by atoms with Gasteiger partial charge >= 0.3 is 0 Å². The molecule has 0 aromatic carbocycles. The van der Waals surface area contributed by atoms with Gasteiger partial charge in [0.05, 0.1) is 6.04 Å². The summed E-state index contributed by atoms with van der Waals surface area (Å²) in [6.07, 6.45) is 7.11. The summed E-state index contributed by atoms with van der Waals surface area (Å²) in [5.41, 5.74) is 2.49. The van der Waals surface area contributed by atoms with Crippen LogP contribution in [-0.2, 0) is 0 Å². The minimum absolute atomic E-state index is 0.208.